The fourth-order valence-corrected chi connectivity index (χ4v) is 7.78. The number of fused-ring (bicyclic) bond motifs is 1. The van der Waals surface area contributed by atoms with Crippen molar-refractivity contribution in [2.24, 2.45) is 23.2 Å². The number of likely N-dealkylation sites (N-methyl/N-ethyl adjacent to an activating group) is 1. The average molecular weight is 464 g/mol. The molecule has 0 aromatic carbocycles. The predicted molar refractivity (Wildman–Crippen MR) is 131 cm³/mol. The number of hydrogen-bond donors (Lipinski definition) is 1. The molecule has 5 fully saturated rings. The zero-order valence-electron chi connectivity index (χ0n) is 20.3. The molecule has 4 bridgehead atoms. The van der Waals surface area contributed by atoms with Crippen molar-refractivity contribution in [3.63, 3.8) is 0 Å². The highest BCUT2D eigenvalue weighted by molar-refractivity contribution is 5.93. The fraction of sp³-hybridized carbons (Fsp3) is 0.667. The van der Waals surface area contributed by atoms with Gasteiger partial charge < -0.3 is 15.1 Å². The number of nitrogens with zero attached hydrogens (tertiary/aromatic N) is 4. The Kier molecular flexibility index (Phi) is 5.63. The number of pyridine rings is 1. The van der Waals surface area contributed by atoms with Gasteiger partial charge in [-0.2, -0.15) is 0 Å². The zero-order valence-corrected chi connectivity index (χ0v) is 20.3. The smallest absolute Gasteiger partial charge is 0.268 e. The quantitative estimate of drug-likeness (QED) is 0.715. The van der Waals surface area contributed by atoms with Crippen molar-refractivity contribution < 1.29 is 9.59 Å². The van der Waals surface area contributed by atoms with Gasteiger partial charge in [-0.3, -0.25) is 14.0 Å². The highest BCUT2D eigenvalue weighted by Gasteiger charge is 2.50. The second-order valence-electron chi connectivity index (χ2n) is 11.5. The fourth-order valence-electron chi connectivity index (χ4n) is 7.78. The lowest BCUT2D eigenvalue weighted by molar-refractivity contribution is -0.132. The molecule has 7 nitrogen and oxygen atoms in total. The van der Waals surface area contributed by atoms with Crippen LogP contribution in [0.15, 0.2) is 24.4 Å². The minimum Gasteiger partial charge on any atom is -0.350 e. The average Bonchev–Trinajstić information content (AvgIpc) is 3.24. The SMILES string of the molecule is CCN1CCN(C(=O)Cc2cn3c(C(=O)NCC45CC6CC(CC(C6)C4)C5)cccc3n2)CC1. The Balaban J connectivity index is 1.12. The number of amides is 2. The first-order valence-electron chi connectivity index (χ1n) is 13.3. The van der Waals surface area contributed by atoms with E-state index in [2.05, 4.69) is 22.1 Å². The Bertz CT molecular complexity index is 1050. The number of nitrogens with one attached hydrogen (secondary N) is 1. The normalized spacial score (nSPS) is 30.7. The highest BCUT2D eigenvalue weighted by Crippen LogP contribution is 2.59. The van der Waals surface area contributed by atoms with Crippen LogP contribution in [-0.2, 0) is 11.2 Å². The van der Waals surface area contributed by atoms with Crippen molar-refractivity contribution in [2.75, 3.05) is 39.3 Å². The number of carbonyl (C=O) groups is 2. The van der Waals surface area contributed by atoms with E-state index in [0.29, 0.717) is 11.1 Å². The number of rotatable bonds is 6. The molecular weight excluding hydrogens is 426 g/mol. The first-order chi connectivity index (χ1) is 16.5. The molecule has 4 aliphatic carbocycles. The molecule has 0 spiro atoms. The van der Waals surface area contributed by atoms with E-state index in [0.717, 1.165) is 68.4 Å². The van der Waals surface area contributed by atoms with Crippen molar-refractivity contribution in [2.45, 2.75) is 51.9 Å². The molecule has 2 amide bonds. The molecule has 2 aromatic heterocycles. The van der Waals surface area contributed by atoms with Gasteiger partial charge >= 0.3 is 0 Å². The van der Waals surface area contributed by atoms with Gasteiger partial charge in [0.25, 0.3) is 5.91 Å². The third-order valence-electron chi connectivity index (χ3n) is 9.07. The lowest BCUT2D eigenvalue weighted by Crippen LogP contribution is -2.51. The maximum absolute atomic E-state index is 13.3. The van der Waals surface area contributed by atoms with Gasteiger partial charge in [-0.05, 0) is 80.4 Å². The van der Waals surface area contributed by atoms with Gasteiger partial charge in [-0.25, -0.2) is 4.98 Å². The van der Waals surface area contributed by atoms with Crippen molar-refractivity contribution in [1.29, 1.82) is 0 Å². The Morgan fingerprint density at radius 2 is 1.71 bits per heavy atom. The van der Waals surface area contributed by atoms with Crippen LogP contribution >= 0.6 is 0 Å². The molecule has 1 aliphatic heterocycles. The van der Waals surface area contributed by atoms with Crippen LogP contribution < -0.4 is 5.32 Å². The van der Waals surface area contributed by atoms with Gasteiger partial charge in [0.1, 0.15) is 11.3 Å². The largest absolute Gasteiger partial charge is 0.350 e. The summed E-state index contributed by atoms with van der Waals surface area (Å²) in [6, 6.07) is 5.65. The lowest BCUT2D eigenvalue weighted by Gasteiger charge is -2.56. The summed E-state index contributed by atoms with van der Waals surface area (Å²) in [5, 5.41) is 3.29. The van der Waals surface area contributed by atoms with Gasteiger partial charge in [0, 0.05) is 38.9 Å². The highest BCUT2D eigenvalue weighted by atomic mass is 16.2. The summed E-state index contributed by atoms with van der Waals surface area (Å²) >= 11 is 0. The standard InChI is InChI=1S/C27H37N5O2/c1-2-30-6-8-31(9-7-30)25(33)13-22-17-32-23(4-3-5-24(32)29-22)26(34)28-18-27-14-19-10-20(15-27)12-21(11-19)16-27/h3-5,17,19-21H,2,6-16,18H2,1H3,(H,28,34). The van der Waals surface area contributed by atoms with Gasteiger partial charge in [0.2, 0.25) is 5.91 Å². The Morgan fingerprint density at radius 3 is 2.35 bits per heavy atom. The van der Waals surface area contributed by atoms with E-state index >= 15 is 0 Å². The maximum atomic E-state index is 13.3. The van der Waals surface area contributed by atoms with Gasteiger partial charge in [0.05, 0.1) is 12.1 Å². The monoisotopic (exact) mass is 463 g/mol. The van der Waals surface area contributed by atoms with Crippen LogP contribution in [0.25, 0.3) is 5.65 Å². The van der Waals surface area contributed by atoms with Crippen molar-refractivity contribution in [3.05, 3.63) is 35.8 Å². The van der Waals surface area contributed by atoms with E-state index in [-0.39, 0.29) is 18.2 Å². The minimum atomic E-state index is -0.0349. The maximum Gasteiger partial charge on any atom is 0.268 e. The van der Waals surface area contributed by atoms with E-state index in [4.69, 9.17) is 0 Å². The van der Waals surface area contributed by atoms with E-state index in [9.17, 15) is 9.59 Å². The van der Waals surface area contributed by atoms with Crippen LogP contribution in [0.4, 0.5) is 0 Å². The molecule has 0 atom stereocenters. The summed E-state index contributed by atoms with van der Waals surface area (Å²) in [6.07, 6.45) is 10.2. The Hall–Kier alpha value is -2.41. The Labute approximate surface area is 201 Å². The molecule has 34 heavy (non-hydrogen) atoms. The number of aromatic nitrogens is 2. The van der Waals surface area contributed by atoms with Gasteiger partial charge in [-0.1, -0.05) is 13.0 Å². The topological polar surface area (TPSA) is 70.0 Å². The van der Waals surface area contributed by atoms with E-state index < -0.39 is 0 Å². The molecular formula is C27H37N5O2. The summed E-state index contributed by atoms with van der Waals surface area (Å²) in [6.45, 7) is 7.39. The molecule has 1 N–H and O–H groups in total. The number of carbonyl (C=O) groups excluding carboxylic acids is 2. The zero-order chi connectivity index (χ0) is 23.3. The van der Waals surface area contributed by atoms with Gasteiger partial charge in [0.15, 0.2) is 0 Å². The molecule has 3 heterocycles. The van der Waals surface area contributed by atoms with Gasteiger partial charge in [-0.15, -0.1) is 0 Å². The molecule has 7 heteroatoms. The third kappa shape index (κ3) is 4.12. The van der Waals surface area contributed by atoms with Crippen molar-refractivity contribution in [1.82, 2.24) is 24.5 Å². The summed E-state index contributed by atoms with van der Waals surface area (Å²) in [7, 11) is 0. The summed E-state index contributed by atoms with van der Waals surface area (Å²) in [5.74, 6) is 2.72. The lowest BCUT2D eigenvalue weighted by atomic mass is 9.49. The third-order valence-corrected chi connectivity index (χ3v) is 9.07. The van der Waals surface area contributed by atoms with Crippen LogP contribution in [0.1, 0.15) is 61.6 Å². The molecule has 7 rings (SSSR count). The van der Waals surface area contributed by atoms with Crippen LogP contribution in [0.5, 0.6) is 0 Å². The Morgan fingerprint density at radius 1 is 1.03 bits per heavy atom. The molecule has 1 saturated heterocycles. The van der Waals surface area contributed by atoms with Crippen LogP contribution in [0.2, 0.25) is 0 Å². The second kappa shape index (κ2) is 8.67. The van der Waals surface area contributed by atoms with E-state index in [1.165, 1.54) is 38.5 Å². The van der Waals surface area contributed by atoms with Crippen LogP contribution in [0.3, 0.4) is 0 Å². The molecule has 0 unspecified atom stereocenters. The predicted octanol–water partition coefficient (Wildman–Crippen LogP) is 2.99. The number of hydrogen-bond acceptors (Lipinski definition) is 4. The van der Waals surface area contributed by atoms with Crippen molar-refractivity contribution >= 4 is 17.5 Å². The molecule has 182 valence electrons. The molecule has 5 aliphatic rings. The summed E-state index contributed by atoms with van der Waals surface area (Å²) in [4.78, 5) is 35.1. The summed E-state index contributed by atoms with van der Waals surface area (Å²) < 4.78 is 1.85. The second-order valence-corrected chi connectivity index (χ2v) is 11.5. The van der Waals surface area contributed by atoms with Crippen LogP contribution in [-0.4, -0.2) is 70.3 Å². The number of piperazine rings is 1. The van der Waals surface area contributed by atoms with E-state index in [1.54, 1.807) is 0 Å². The molecule has 0 radical (unpaired) electrons. The molecule has 4 saturated carbocycles. The molecule has 2 aromatic rings. The first-order valence-corrected chi connectivity index (χ1v) is 13.3. The first kappa shape index (κ1) is 22.1. The minimum absolute atomic E-state index is 0.0349. The summed E-state index contributed by atoms with van der Waals surface area (Å²) in [5.41, 5.74) is 2.36. The van der Waals surface area contributed by atoms with Crippen molar-refractivity contribution in [3.8, 4) is 0 Å². The van der Waals surface area contributed by atoms with Crippen LogP contribution in [0, 0.1) is 23.2 Å². The number of imidazole rings is 1. The van der Waals surface area contributed by atoms with E-state index in [1.807, 2.05) is 33.7 Å².